The highest BCUT2D eigenvalue weighted by Crippen LogP contribution is 2.42. The summed E-state index contributed by atoms with van der Waals surface area (Å²) in [7, 11) is 0. The van der Waals surface area contributed by atoms with Gasteiger partial charge in [-0.2, -0.15) is 0 Å². The lowest BCUT2D eigenvalue weighted by molar-refractivity contribution is -0.286. The molecule has 0 bridgehead atoms. The van der Waals surface area contributed by atoms with Crippen molar-refractivity contribution >= 4 is 0 Å². The molecule has 1 aromatic rings. The Morgan fingerprint density at radius 1 is 1.18 bits per heavy atom. The molecule has 1 unspecified atom stereocenters. The standard InChI is InChI=1S/C12H13F2NO2/c13-12(14)16-10-5-4-8(7-11(10)17-12)9-3-1-2-6-15-9/h4-5,7,9,15H,1-3,6H2. The number of benzene rings is 1. The number of halogens is 2. The summed E-state index contributed by atoms with van der Waals surface area (Å²) in [6.45, 7) is 0.968. The van der Waals surface area contributed by atoms with Crippen LogP contribution in [-0.4, -0.2) is 12.8 Å². The van der Waals surface area contributed by atoms with Crippen molar-refractivity contribution in [3.05, 3.63) is 23.8 Å². The number of fused-ring (bicyclic) bond motifs is 1. The van der Waals surface area contributed by atoms with Gasteiger partial charge in [0.25, 0.3) is 0 Å². The third kappa shape index (κ3) is 2.07. The van der Waals surface area contributed by atoms with Crippen LogP contribution in [0.3, 0.4) is 0 Å². The van der Waals surface area contributed by atoms with E-state index in [0.29, 0.717) is 0 Å². The van der Waals surface area contributed by atoms with Crippen LogP contribution < -0.4 is 14.8 Å². The number of ether oxygens (including phenoxy) is 2. The van der Waals surface area contributed by atoms with E-state index >= 15 is 0 Å². The van der Waals surface area contributed by atoms with Gasteiger partial charge in [-0.3, -0.25) is 0 Å². The van der Waals surface area contributed by atoms with Crippen molar-refractivity contribution in [2.75, 3.05) is 6.54 Å². The predicted octanol–water partition coefficient (Wildman–Crippen LogP) is 2.82. The third-order valence-electron chi connectivity index (χ3n) is 3.14. The first-order valence-electron chi connectivity index (χ1n) is 5.77. The Labute approximate surface area is 97.7 Å². The largest absolute Gasteiger partial charge is 0.586 e. The molecule has 92 valence electrons. The number of alkyl halides is 2. The molecule has 17 heavy (non-hydrogen) atoms. The minimum Gasteiger partial charge on any atom is -0.395 e. The van der Waals surface area contributed by atoms with Crippen molar-refractivity contribution < 1.29 is 18.3 Å². The zero-order valence-corrected chi connectivity index (χ0v) is 9.21. The van der Waals surface area contributed by atoms with Gasteiger partial charge < -0.3 is 14.8 Å². The maximum absolute atomic E-state index is 12.9. The highest BCUT2D eigenvalue weighted by Gasteiger charge is 2.43. The monoisotopic (exact) mass is 241 g/mol. The summed E-state index contributed by atoms with van der Waals surface area (Å²) in [5, 5.41) is 3.36. The molecule has 2 aliphatic rings. The van der Waals surface area contributed by atoms with Crippen LogP contribution in [0.25, 0.3) is 0 Å². The zero-order chi connectivity index (χ0) is 11.9. The number of hydrogen-bond acceptors (Lipinski definition) is 3. The fourth-order valence-electron chi connectivity index (χ4n) is 2.32. The molecule has 2 aliphatic heterocycles. The maximum atomic E-state index is 12.9. The van der Waals surface area contributed by atoms with E-state index in [2.05, 4.69) is 14.8 Å². The van der Waals surface area contributed by atoms with Gasteiger partial charge in [-0.15, -0.1) is 8.78 Å². The van der Waals surface area contributed by atoms with Crippen molar-refractivity contribution in [3.63, 3.8) is 0 Å². The molecule has 1 fully saturated rings. The lowest BCUT2D eigenvalue weighted by Gasteiger charge is -2.23. The molecule has 5 heteroatoms. The van der Waals surface area contributed by atoms with E-state index in [4.69, 9.17) is 0 Å². The lowest BCUT2D eigenvalue weighted by atomic mass is 9.97. The van der Waals surface area contributed by atoms with E-state index in [1.165, 1.54) is 6.42 Å². The van der Waals surface area contributed by atoms with Crippen molar-refractivity contribution in [2.24, 2.45) is 0 Å². The second-order valence-corrected chi connectivity index (χ2v) is 4.38. The molecule has 0 aromatic heterocycles. The van der Waals surface area contributed by atoms with Crippen molar-refractivity contribution in [3.8, 4) is 11.5 Å². The average molecular weight is 241 g/mol. The number of nitrogens with one attached hydrogen (secondary N) is 1. The Morgan fingerprint density at radius 2 is 2.00 bits per heavy atom. The minimum absolute atomic E-state index is 0.106. The summed E-state index contributed by atoms with van der Waals surface area (Å²) < 4.78 is 34.5. The summed E-state index contributed by atoms with van der Waals surface area (Å²) in [5.41, 5.74) is 0.977. The summed E-state index contributed by atoms with van der Waals surface area (Å²) in [4.78, 5) is 0. The summed E-state index contributed by atoms with van der Waals surface area (Å²) in [6, 6.07) is 5.22. The van der Waals surface area contributed by atoms with E-state index in [0.717, 1.165) is 24.9 Å². The quantitative estimate of drug-likeness (QED) is 0.820. The first-order valence-corrected chi connectivity index (χ1v) is 5.77. The normalized spacial score (nSPS) is 25.9. The van der Waals surface area contributed by atoms with Gasteiger partial charge >= 0.3 is 6.29 Å². The SMILES string of the molecule is FC1(F)Oc2ccc(C3CCCCN3)cc2O1. The van der Waals surface area contributed by atoms with Crippen LogP contribution in [0.2, 0.25) is 0 Å². The molecule has 0 saturated carbocycles. The van der Waals surface area contributed by atoms with Crippen LogP contribution >= 0.6 is 0 Å². The molecule has 0 aliphatic carbocycles. The second-order valence-electron chi connectivity index (χ2n) is 4.38. The Kier molecular flexibility index (Phi) is 2.43. The molecule has 1 atom stereocenters. The first-order chi connectivity index (χ1) is 8.14. The Bertz CT molecular complexity index is 431. The number of hydrogen-bond donors (Lipinski definition) is 1. The number of piperidine rings is 1. The molecule has 3 rings (SSSR count). The second kappa shape index (κ2) is 3.84. The van der Waals surface area contributed by atoms with E-state index in [9.17, 15) is 8.78 Å². The molecule has 0 amide bonds. The molecular formula is C12H13F2NO2. The Balaban J connectivity index is 1.85. The van der Waals surface area contributed by atoms with Gasteiger partial charge in [0.05, 0.1) is 0 Å². The molecule has 1 aromatic carbocycles. The van der Waals surface area contributed by atoms with Crippen LogP contribution in [0.15, 0.2) is 18.2 Å². The van der Waals surface area contributed by atoms with Gasteiger partial charge in [0, 0.05) is 6.04 Å². The molecule has 3 nitrogen and oxygen atoms in total. The molecule has 1 N–H and O–H groups in total. The molecule has 0 spiro atoms. The van der Waals surface area contributed by atoms with Crippen LogP contribution in [0.4, 0.5) is 8.78 Å². The van der Waals surface area contributed by atoms with Crippen molar-refractivity contribution in [2.45, 2.75) is 31.6 Å². The van der Waals surface area contributed by atoms with Gasteiger partial charge in [0.15, 0.2) is 11.5 Å². The van der Waals surface area contributed by atoms with Crippen LogP contribution in [0.5, 0.6) is 11.5 Å². The van der Waals surface area contributed by atoms with Gasteiger partial charge in [-0.1, -0.05) is 12.5 Å². The molecule has 2 heterocycles. The average Bonchev–Trinajstić information content (AvgIpc) is 2.63. The van der Waals surface area contributed by atoms with Gasteiger partial charge in [0.2, 0.25) is 0 Å². The summed E-state index contributed by atoms with van der Waals surface area (Å²) >= 11 is 0. The van der Waals surface area contributed by atoms with Crippen LogP contribution in [-0.2, 0) is 0 Å². The van der Waals surface area contributed by atoms with Crippen molar-refractivity contribution in [1.29, 1.82) is 0 Å². The zero-order valence-electron chi connectivity index (χ0n) is 9.21. The topological polar surface area (TPSA) is 30.5 Å². The fraction of sp³-hybridized carbons (Fsp3) is 0.500. The maximum Gasteiger partial charge on any atom is 0.586 e. The lowest BCUT2D eigenvalue weighted by Crippen LogP contribution is -2.26. The van der Waals surface area contributed by atoms with Gasteiger partial charge in [-0.05, 0) is 37.1 Å². The Morgan fingerprint density at radius 3 is 2.76 bits per heavy atom. The summed E-state index contributed by atoms with van der Waals surface area (Å²) in [5.74, 6) is 0.231. The minimum atomic E-state index is -3.53. The van der Waals surface area contributed by atoms with E-state index in [-0.39, 0.29) is 17.5 Å². The van der Waals surface area contributed by atoms with E-state index in [1.807, 2.05) is 6.07 Å². The first kappa shape index (κ1) is 10.8. The smallest absolute Gasteiger partial charge is 0.395 e. The Hall–Kier alpha value is -1.36. The highest BCUT2D eigenvalue weighted by molar-refractivity contribution is 5.46. The van der Waals surface area contributed by atoms with Crippen LogP contribution in [0, 0.1) is 0 Å². The predicted molar refractivity (Wildman–Crippen MR) is 57.2 cm³/mol. The summed E-state index contributed by atoms with van der Waals surface area (Å²) in [6.07, 6.45) is -0.182. The van der Waals surface area contributed by atoms with Crippen molar-refractivity contribution in [1.82, 2.24) is 5.32 Å². The third-order valence-corrected chi connectivity index (χ3v) is 3.14. The van der Waals surface area contributed by atoms with E-state index < -0.39 is 6.29 Å². The molecule has 1 saturated heterocycles. The highest BCUT2D eigenvalue weighted by atomic mass is 19.3. The van der Waals surface area contributed by atoms with Gasteiger partial charge in [-0.25, -0.2) is 0 Å². The van der Waals surface area contributed by atoms with Gasteiger partial charge in [0.1, 0.15) is 0 Å². The molecular weight excluding hydrogens is 228 g/mol. The number of rotatable bonds is 1. The van der Waals surface area contributed by atoms with Crippen LogP contribution in [0.1, 0.15) is 30.9 Å². The fourth-order valence-corrected chi connectivity index (χ4v) is 2.32. The molecule has 0 radical (unpaired) electrons. The van der Waals surface area contributed by atoms with E-state index in [1.54, 1.807) is 12.1 Å².